The molecule has 7 nitrogen and oxygen atoms in total. The monoisotopic (exact) mass is 378 g/mol. The number of morpholine rings is 1. The summed E-state index contributed by atoms with van der Waals surface area (Å²) in [7, 11) is 0. The highest BCUT2D eigenvalue weighted by molar-refractivity contribution is 6.52. The van der Waals surface area contributed by atoms with Crippen LogP contribution in [0.1, 0.15) is 23.7 Å². The maximum Gasteiger partial charge on any atom is 0.338 e. The Kier molecular flexibility index (Phi) is 5.58. The van der Waals surface area contributed by atoms with Crippen molar-refractivity contribution in [3.8, 4) is 0 Å². The van der Waals surface area contributed by atoms with Crippen LogP contribution in [0.4, 0.5) is 5.69 Å². The smallest absolute Gasteiger partial charge is 0.338 e. The van der Waals surface area contributed by atoms with Gasteiger partial charge in [-0.25, -0.2) is 9.69 Å². The van der Waals surface area contributed by atoms with Crippen LogP contribution in [0.2, 0.25) is 0 Å². The molecule has 138 valence electrons. The number of halogens is 1. The Balaban J connectivity index is 1.79. The van der Waals surface area contributed by atoms with Crippen LogP contribution >= 0.6 is 11.6 Å². The molecule has 0 unspecified atom stereocenters. The van der Waals surface area contributed by atoms with E-state index in [1.807, 2.05) is 6.92 Å². The van der Waals surface area contributed by atoms with Crippen molar-refractivity contribution in [2.75, 3.05) is 37.8 Å². The second kappa shape index (κ2) is 7.88. The van der Waals surface area contributed by atoms with E-state index in [-0.39, 0.29) is 10.7 Å². The minimum absolute atomic E-state index is 0.0941. The number of nitrogens with zero attached hydrogens (tertiary/aromatic N) is 2. The first-order valence-electron chi connectivity index (χ1n) is 8.43. The first-order chi connectivity index (χ1) is 12.5. The Hall–Kier alpha value is -2.38. The van der Waals surface area contributed by atoms with Crippen LogP contribution in [0.5, 0.6) is 0 Å². The molecule has 1 fully saturated rings. The fraction of sp³-hybridized carbons (Fsp3) is 0.389. The number of rotatable bonds is 5. The van der Waals surface area contributed by atoms with Crippen molar-refractivity contribution in [1.29, 1.82) is 0 Å². The van der Waals surface area contributed by atoms with Crippen LogP contribution in [-0.4, -0.2) is 55.6 Å². The van der Waals surface area contributed by atoms with E-state index < -0.39 is 17.8 Å². The number of benzene rings is 1. The fourth-order valence-electron chi connectivity index (χ4n) is 2.81. The third kappa shape index (κ3) is 3.45. The zero-order chi connectivity index (χ0) is 18.7. The molecule has 8 heteroatoms. The molecule has 2 aliphatic rings. The van der Waals surface area contributed by atoms with Gasteiger partial charge in [0.25, 0.3) is 11.8 Å². The van der Waals surface area contributed by atoms with Crippen LogP contribution in [0, 0.1) is 0 Å². The van der Waals surface area contributed by atoms with Crippen molar-refractivity contribution in [3.63, 3.8) is 0 Å². The Morgan fingerprint density at radius 1 is 1.15 bits per heavy atom. The largest absolute Gasteiger partial charge is 0.462 e. The van der Waals surface area contributed by atoms with Gasteiger partial charge in [-0.1, -0.05) is 18.5 Å². The van der Waals surface area contributed by atoms with E-state index in [0.29, 0.717) is 44.2 Å². The Bertz CT molecular complexity index is 753. The molecule has 0 spiro atoms. The molecule has 0 aliphatic carbocycles. The van der Waals surface area contributed by atoms with E-state index in [0.717, 1.165) is 11.3 Å². The number of hydrogen-bond acceptors (Lipinski definition) is 6. The van der Waals surface area contributed by atoms with Crippen LogP contribution in [-0.2, 0) is 19.1 Å². The average Bonchev–Trinajstić information content (AvgIpc) is 2.89. The first-order valence-corrected chi connectivity index (χ1v) is 8.80. The molecule has 2 amide bonds. The number of carbonyl (C=O) groups is 3. The topological polar surface area (TPSA) is 76.2 Å². The zero-order valence-electron chi connectivity index (χ0n) is 14.4. The molecular formula is C18H19ClN2O5. The number of esters is 1. The van der Waals surface area contributed by atoms with E-state index in [1.54, 1.807) is 4.90 Å². The molecule has 2 aliphatic heterocycles. The standard InChI is InChI=1S/C18H19ClN2O5/c1-2-9-26-18(24)12-3-5-13(6-4-12)21-16(22)14(19)15(17(21)23)20-7-10-25-11-8-20/h3-6H,2,7-11H2,1H3. The number of anilines is 1. The molecule has 0 bridgehead atoms. The third-order valence-corrected chi connectivity index (χ3v) is 4.47. The van der Waals surface area contributed by atoms with Crippen molar-refractivity contribution in [3.05, 3.63) is 40.6 Å². The summed E-state index contributed by atoms with van der Waals surface area (Å²) in [5, 5.41) is -0.0941. The SMILES string of the molecule is CCCOC(=O)c1ccc(N2C(=O)C(Cl)=C(N3CCOCC3)C2=O)cc1. The molecule has 0 radical (unpaired) electrons. The minimum atomic E-state index is -0.570. The molecular weight excluding hydrogens is 360 g/mol. The van der Waals surface area contributed by atoms with E-state index in [4.69, 9.17) is 21.1 Å². The predicted octanol–water partition coefficient (Wildman–Crippen LogP) is 1.91. The number of carbonyl (C=O) groups excluding carboxylic acids is 3. The van der Waals surface area contributed by atoms with Gasteiger partial charge in [-0.15, -0.1) is 0 Å². The maximum absolute atomic E-state index is 12.8. The Morgan fingerprint density at radius 2 is 1.81 bits per heavy atom. The van der Waals surface area contributed by atoms with E-state index >= 15 is 0 Å². The maximum atomic E-state index is 12.8. The number of imide groups is 1. The normalized spacial score (nSPS) is 17.9. The first kappa shape index (κ1) is 18.4. The lowest BCUT2D eigenvalue weighted by Crippen LogP contribution is -2.40. The van der Waals surface area contributed by atoms with Crippen molar-refractivity contribution >= 4 is 35.1 Å². The summed E-state index contributed by atoms with van der Waals surface area (Å²) in [6.07, 6.45) is 0.731. The van der Waals surface area contributed by atoms with Gasteiger partial charge >= 0.3 is 5.97 Å². The summed E-state index contributed by atoms with van der Waals surface area (Å²) in [5.41, 5.74) is 0.911. The summed E-state index contributed by atoms with van der Waals surface area (Å²) < 4.78 is 10.3. The lowest BCUT2D eigenvalue weighted by molar-refractivity contribution is -0.121. The summed E-state index contributed by atoms with van der Waals surface area (Å²) in [6, 6.07) is 6.11. The second-order valence-corrected chi connectivity index (χ2v) is 6.27. The molecule has 3 rings (SSSR count). The molecule has 0 N–H and O–H groups in total. The molecule has 1 aromatic carbocycles. The molecule has 0 atom stereocenters. The van der Waals surface area contributed by atoms with Crippen molar-refractivity contribution in [1.82, 2.24) is 4.90 Å². The van der Waals surface area contributed by atoms with Crippen LogP contribution in [0.25, 0.3) is 0 Å². The molecule has 1 saturated heterocycles. The van der Waals surface area contributed by atoms with Gasteiger partial charge in [0.1, 0.15) is 10.7 Å². The van der Waals surface area contributed by atoms with Gasteiger partial charge in [0.15, 0.2) is 0 Å². The molecule has 2 heterocycles. The third-order valence-electron chi connectivity index (χ3n) is 4.13. The average molecular weight is 379 g/mol. The highest BCUT2D eigenvalue weighted by atomic mass is 35.5. The van der Waals surface area contributed by atoms with Crippen molar-refractivity contribution in [2.45, 2.75) is 13.3 Å². The van der Waals surface area contributed by atoms with Gasteiger partial charge in [-0.05, 0) is 30.7 Å². The van der Waals surface area contributed by atoms with Crippen molar-refractivity contribution < 1.29 is 23.9 Å². The predicted molar refractivity (Wildman–Crippen MR) is 94.8 cm³/mol. The van der Waals surface area contributed by atoms with E-state index in [1.165, 1.54) is 24.3 Å². The second-order valence-electron chi connectivity index (χ2n) is 5.89. The van der Waals surface area contributed by atoms with Crippen LogP contribution < -0.4 is 4.90 Å². The van der Waals surface area contributed by atoms with Crippen molar-refractivity contribution in [2.24, 2.45) is 0 Å². The van der Waals surface area contributed by atoms with E-state index in [9.17, 15) is 14.4 Å². The number of hydrogen-bond donors (Lipinski definition) is 0. The van der Waals surface area contributed by atoms with Gasteiger partial charge in [0, 0.05) is 13.1 Å². The summed E-state index contributed by atoms with van der Waals surface area (Å²) in [6.45, 7) is 4.20. The number of amides is 2. The number of ether oxygens (including phenoxy) is 2. The zero-order valence-corrected chi connectivity index (χ0v) is 15.1. The van der Waals surface area contributed by atoms with Gasteiger partial charge in [0.05, 0.1) is 31.1 Å². The molecule has 26 heavy (non-hydrogen) atoms. The van der Waals surface area contributed by atoms with Crippen LogP contribution in [0.15, 0.2) is 35.0 Å². The van der Waals surface area contributed by atoms with E-state index in [2.05, 4.69) is 0 Å². The lowest BCUT2D eigenvalue weighted by Gasteiger charge is -2.29. The molecule has 1 aromatic rings. The fourth-order valence-corrected chi connectivity index (χ4v) is 3.10. The van der Waals surface area contributed by atoms with Gasteiger partial charge < -0.3 is 14.4 Å². The van der Waals surface area contributed by atoms with Crippen LogP contribution in [0.3, 0.4) is 0 Å². The van der Waals surface area contributed by atoms with Gasteiger partial charge in [-0.3, -0.25) is 9.59 Å². The highest BCUT2D eigenvalue weighted by Crippen LogP contribution is 2.31. The summed E-state index contributed by atoms with van der Waals surface area (Å²) in [4.78, 5) is 39.9. The van der Waals surface area contributed by atoms with Gasteiger partial charge in [0.2, 0.25) is 0 Å². The minimum Gasteiger partial charge on any atom is -0.462 e. The quantitative estimate of drug-likeness (QED) is 0.575. The highest BCUT2D eigenvalue weighted by Gasteiger charge is 2.41. The summed E-state index contributed by atoms with van der Waals surface area (Å²) in [5.74, 6) is -1.48. The Labute approximate surface area is 156 Å². The Morgan fingerprint density at radius 3 is 2.42 bits per heavy atom. The molecule has 0 saturated carbocycles. The summed E-state index contributed by atoms with van der Waals surface area (Å²) >= 11 is 6.15. The molecule has 0 aromatic heterocycles. The lowest BCUT2D eigenvalue weighted by atomic mass is 10.2. The van der Waals surface area contributed by atoms with Gasteiger partial charge in [-0.2, -0.15) is 0 Å².